The van der Waals surface area contributed by atoms with Crippen molar-refractivity contribution in [2.45, 2.75) is 19.4 Å². The van der Waals surface area contributed by atoms with Gasteiger partial charge in [0.2, 0.25) is 0 Å². The van der Waals surface area contributed by atoms with E-state index in [2.05, 4.69) is 22.5 Å². The molecule has 0 aromatic heterocycles. The number of anilines is 1. The van der Waals surface area contributed by atoms with Gasteiger partial charge in [-0.1, -0.05) is 30.7 Å². The van der Waals surface area contributed by atoms with Crippen LogP contribution in [0.1, 0.15) is 18.9 Å². The molecule has 0 spiro atoms. The summed E-state index contributed by atoms with van der Waals surface area (Å²) in [7, 11) is 1.98. The van der Waals surface area contributed by atoms with Gasteiger partial charge < -0.3 is 10.2 Å². The number of piperidine rings is 1. The first-order valence-electron chi connectivity index (χ1n) is 7.95. The van der Waals surface area contributed by atoms with E-state index in [1.165, 1.54) is 0 Å². The van der Waals surface area contributed by atoms with Gasteiger partial charge in [0, 0.05) is 24.7 Å². The maximum Gasteiger partial charge on any atom is 0.290 e. The van der Waals surface area contributed by atoms with Crippen LogP contribution in [0.3, 0.4) is 0 Å². The topological polar surface area (TPSA) is 61.4 Å². The molecule has 0 aliphatic carbocycles. The number of benzene rings is 1. The van der Waals surface area contributed by atoms with Gasteiger partial charge in [0.15, 0.2) is 0 Å². The summed E-state index contributed by atoms with van der Waals surface area (Å²) in [6.45, 7) is 4.02. The zero-order valence-corrected chi connectivity index (χ0v) is 15.2. The van der Waals surface area contributed by atoms with Gasteiger partial charge in [0.1, 0.15) is 0 Å². The van der Waals surface area contributed by atoms with Crippen LogP contribution in [0.5, 0.6) is 0 Å². The Morgan fingerprint density at radius 3 is 2.88 bits per heavy atom. The third kappa shape index (κ3) is 3.45. The molecule has 2 aliphatic rings. The van der Waals surface area contributed by atoms with E-state index in [9.17, 15) is 9.59 Å². The smallest absolute Gasteiger partial charge is 0.290 e. The number of nitrogens with zero attached hydrogens (tertiary/aromatic N) is 1. The Labute approximate surface area is 150 Å². The summed E-state index contributed by atoms with van der Waals surface area (Å²) >= 11 is 7.40. The lowest BCUT2D eigenvalue weighted by molar-refractivity contribution is -0.115. The van der Waals surface area contributed by atoms with Crippen molar-refractivity contribution in [2.75, 3.05) is 25.0 Å². The number of likely N-dealkylation sites (N-methyl/N-ethyl adjacent to an activating group) is 1. The van der Waals surface area contributed by atoms with E-state index in [0.717, 1.165) is 42.5 Å². The molecule has 1 aromatic rings. The zero-order valence-electron chi connectivity index (χ0n) is 13.6. The molecule has 1 aromatic carbocycles. The van der Waals surface area contributed by atoms with Crippen LogP contribution in [0.15, 0.2) is 23.1 Å². The van der Waals surface area contributed by atoms with Gasteiger partial charge in [-0.2, -0.15) is 0 Å². The molecule has 3 rings (SSSR count). The fraction of sp³-hybridized carbons (Fsp3) is 0.412. The van der Waals surface area contributed by atoms with Gasteiger partial charge in [-0.25, -0.2) is 0 Å². The SMILES string of the molecule is CNC1CN(c2c(Cl)cccc2/C=C2\SC(=O)NC2=O)CCC1C. The number of rotatable bonds is 3. The van der Waals surface area contributed by atoms with Gasteiger partial charge in [-0.3, -0.25) is 14.9 Å². The highest BCUT2D eigenvalue weighted by Crippen LogP contribution is 2.36. The van der Waals surface area contributed by atoms with Crippen LogP contribution in [0.4, 0.5) is 10.5 Å². The van der Waals surface area contributed by atoms with E-state index >= 15 is 0 Å². The van der Waals surface area contributed by atoms with E-state index in [1.54, 1.807) is 6.08 Å². The number of para-hydroxylation sites is 1. The standard InChI is InChI=1S/C17H20ClN3O2S/c1-10-6-7-21(9-13(10)19-2)15-11(4-3-5-12(15)18)8-14-16(22)20-17(23)24-14/h3-5,8,10,13,19H,6-7,9H2,1-2H3,(H,20,22,23)/b14-8-. The molecule has 2 aliphatic heterocycles. The van der Waals surface area contributed by atoms with Crippen LogP contribution in [-0.4, -0.2) is 37.3 Å². The maximum absolute atomic E-state index is 11.8. The van der Waals surface area contributed by atoms with Crippen LogP contribution < -0.4 is 15.5 Å². The predicted molar refractivity (Wildman–Crippen MR) is 99.4 cm³/mol. The second-order valence-corrected chi connectivity index (χ2v) is 7.56. The van der Waals surface area contributed by atoms with Gasteiger partial charge in [0.25, 0.3) is 11.1 Å². The lowest BCUT2D eigenvalue weighted by atomic mass is 9.93. The second kappa shape index (κ2) is 7.17. The van der Waals surface area contributed by atoms with Crippen molar-refractivity contribution in [1.82, 2.24) is 10.6 Å². The number of carbonyl (C=O) groups excluding carboxylic acids is 2. The quantitative estimate of drug-likeness (QED) is 0.806. The zero-order chi connectivity index (χ0) is 17.3. The normalized spacial score (nSPS) is 26.1. The molecule has 24 heavy (non-hydrogen) atoms. The summed E-state index contributed by atoms with van der Waals surface area (Å²) in [4.78, 5) is 25.9. The van der Waals surface area contributed by atoms with E-state index < -0.39 is 0 Å². The number of imide groups is 1. The second-order valence-electron chi connectivity index (χ2n) is 6.14. The molecule has 5 nitrogen and oxygen atoms in total. The van der Waals surface area contributed by atoms with Gasteiger partial charge in [-0.15, -0.1) is 0 Å². The highest BCUT2D eigenvalue weighted by molar-refractivity contribution is 8.18. The Bertz CT molecular complexity index is 707. The van der Waals surface area contributed by atoms with Crippen molar-refractivity contribution >= 4 is 46.3 Å². The van der Waals surface area contributed by atoms with Crippen molar-refractivity contribution < 1.29 is 9.59 Å². The number of hydrogen-bond donors (Lipinski definition) is 2. The molecule has 2 amide bonds. The number of carbonyl (C=O) groups is 2. The number of hydrogen-bond acceptors (Lipinski definition) is 5. The van der Waals surface area contributed by atoms with Crippen molar-refractivity contribution in [3.8, 4) is 0 Å². The van der Waals surface area contributed by atoms with E-state index in [0.29, 0.717) is 21.9 Å². The molecule has 2 N–H and O–H groups in total. The van der Waals surface area contributed by atoms with Crippen LogP contribution in [0, 0.1) is 5.92 Å². The first kappa shape index (κ1) is 17.3. The molecule has 0 saturated carbocycles. The molecule has 0 bridgehead atoms. The fourth-order valence-electron chi connectivity index (χ4n) is 3.19. The van der Waals surface area contributed by atoms with E-state index in [-0.39, 0.29) is 11.1 Å². The molecule has 128 valence electrons. The molecule has 2 atom stereocenters. The Balaban J connectivity index is 1.95. The first-order valence-corrected chi connectivity index (χ1v) is 9.14. The number of thioether (sulfide) groups is 1. The maximum atomic E-state index is 11.8. The third-order valence-corrected chi connectivity index (χ3v) is 5.71. The van der Waals surface area contributed by atoms with Crippen molar-refractivity contribution in [1.29, 1.82) is 0 Å². The van der Waals surface area contributed by atoms with Gasteiger partial charge in [-0.05, 0) is 43.3 Å². The average molecular weight is 366 g/mol. The molecule has 7 heteroatoms. The summed E-state index contributed by atoms with van der Waals surface area (Å²) in [5, 5.41) is 5.97. The Kier molecular flexibility index (Phi) is 5.18. The molecular weight excluding hydrogens is 346 g/mol. The monoisotopic (exact) mass is 365 g/mol. The number of nitrogens with one attached hydrogen (secondary N) is 2. The molecule has 2 heterocycles. The average Bonchev–Trinajstić information content (AvgIpc) is 2.86. The minimum absolute atomic E-state index is 0.336. The number of halogens is 1. The molecule has 0 radical (unpaired) electrons. The summed E-state index contributed by atoms with van der Waals surface area (Å²) in [5.74, 6) is 0.251. The van der Waals surface area contributed by atoms with Crippen molar-refractivity contribution in [3.63, 3.8) is 0 Å². The third-order valence-electron chi connectivity index (χ3n) is 4.59. The van der Waals surface area contributed by atoms with Crippen molar-refractivity contribution in [3.05, 3.63) is 33.7 Å². The summed E-state index contributed by atoms with van der Waals surface area (Å²) in [6, 6.07) is 6.04. The number of amides is 2. The fourth-order valence-corrected chi connectivity index (χ4v) is 4.17. The van der Waals surface area contributed by atoms with Crippen LogP contribution >= 0.6 is 23.4 Å². The predicted octanol–water partition coefficient (Wildman–Crippen LogP) is 3.10. The van der Waals surface area contributed by atoms with Crippen LogP contribution in [-0.2, 0) is 4.79 Å². The Hall–Kier alpha value is -1.50. The summed E-state index contributed by atoms with van der Waals surface area (Å²) in [5.41, 5.74) is 1.78. The highest BCUT2D eigenvalue weighted by atomic mass is 35.5. The molecule has 2 unspecified atom stereocenters. The highest BCUT2D eigenvalue weighted by Gasteiger charge is 2.29. The minimum Gasteiger partial charge on any atom is -0.368 e. The van der Waals surface area contributed by atoms with Gasteiger partial charge in [0.05, 0.1) is 15.6 Å². The molecule has 2 saturated heterocycles. The summed E-state index contributed by atoms with van der Waals surface area (Å²) < 4.78 is 0. The van der Waals surface area contributed by atoms with E-state index in [1.807, 2.05) is 25.2 Å². The Morgan fingerprint density at radius 1 is 1.42 bits per heavy atom. The Morgan fingerprint density at radius 2 is 2.21 bits per heavy atom. The van der Waals surface area contributed by atoms with Crippen LogP contribution in [0.25, 0.3) is 6.08 Å². The van der Waals surface area contributed by atoms with E-state index in [4.69, 9.17) is 11.6 Å². The van der Waals surface area contributed by atoms with Crippen molar-refractivity contribution in [2.24, 2.45) is 5.92 Å². The van der Waals surface area contributed by atoms with Crippen LogP contribution in [0.2, 0.25) is 5.02 Å². The first-order chi connectivity index (χ1) is 11.5. The molecule has 2 fully saturated rings. The van der Waals surface area contributed by atoms with Gasteiger partial charge >= 0.3 is 0 Å². The molecular formula is C17H20ClN3O2S. The lowest BCUT2D eigenvalue weighted by Crippen LogP contribution is -2.49. The lowest BCUT2D eigenvalue weighted by Gasteiger charge is -2.39. The minimum atomic E-state index is -0.351. The largest absolute Gasteiger partial charge is 0.368 e. The summed E-state index contributed by atoms with van der Waals surface area (Å²) in [6.07, 6.45) is 2.82.